The second-order valence-corrected chi connectivity index (χ2v) is 7.91. The molecule has 0 fully saturated rings. The molecule has 7 nitrogen and oxygen atoms in total. The maximum absolute atomic E-state index is 13.0. The van der Waals surface area contributed by atoms with E-state index in [9.17, 15) is 14.4 Å². The maximum Gasteiger partial charge on any atom is 0.277 e. The van der Waals surface area contributed by atoms with Crippen LogP contribution in [0.3, 0.4) is 0 Å². The summed E-state index contributed by atoms with van der Waals surface area (Å²) >= 11 is 0. The minimum Gasteiger partial charge on any atom is -0.353 e. The van der Waals surface area contributed by atoms with Crippen molar-refractivity contribution < 1.29 is 14.4 Å². The predicted molar refractivity (Wildman–Crippen MR) is 123 cm³/mol. The van der Waals surface area contributed by atoms with Crippen molar-refractivity contribution in [2.45, 2.75) is 26.4 Å². The molecule has 0 spiro atoms. The summed E-state index contributed by atoms with van der Waals surface area (Å²) in [6.45, 7) is 6.05. The molecule has 1 N–H and O–H groups in total. The molecule has 2 heterocycles. The Bertz CT molecular complexity index is 1130. The van der Waals surface area contributed by atoms with Crippen molar-refractivity contribution >= 4 is 28.6 Å². The van der Waals surface area contributed by atoms with Gasteiger partial charge in [-0.15, -0.1) is 0 Å². The second-order valence-electron chi connectivity index (χ2n) is 7.91. The molecule has 3 aromatic rings. The van der Waals surface area contributed by atoms with E-state index in [-0.39, 0.29) is 30.9 Å². The van der Waals surface area contributed by atoms with Crippen LogP contribution in [0.25, 0.3) is 10.9 Å². The number of hydrogen-bond donors (Lipinski definition) is 1. The summed E-state index contributed by atoms with van der Waals surface area (Å²) < 4.78 is 1.72. The average molecular weight is 433 g/mol. The molecule has 1 unspecified atom stereocenters. The number of hydrogen-bond acceptors (Lipinski definition) is 4. The van der Waals surface area contributed by atoms with Gasteiger partial charge in [-0.3, -0.25) is 24.2 Å². The molecule has 32 heavy (non-hydrogen) atoms. The second kappa shape index (κ2) is 9.36. The van der Waals surface area contributed by atoms with Crippen molar-refractivity contribution in [3.63, 3.8) is 0 Å². The first-order valence-corrected chi connectivity index (χ1v) is 11.0. The number of imide groups is 1. The van der Waals surface area contributed by atoms with E-state index in [1.807, 2.05) is 54.6 Å². The maximum atomic E-state index is 13.0. The van der Waals surface area contributed by atoms with Crippen LogP contribution in [0.4, 0.5) is 0 Å². The Morgan fingerprint density at radius 2 is 1.72 bits per heavy atom. The zero-order valence-electron chi connectivity index (χ0n) is 18.5. The van der Waals surface area contributed by atoms with Gasteiger partial charge in [-0.1, -0.05) is 62.4 Å². The molecule has 1 aliphatic rings. The molecule has 0 aliphatic carbocycles. The number of carbonyl (C=O) groups excluding carboxylic acids is 3. The van der Waals surface area contributed by atoms with Gasteiger partial charge in [-0.2, -0.15) is 0 Å². The molecule has 7 heteroatoms. The van der Waals surface area contributed by atoms with Crippen molar-refractivity contribution in [3.8, 4) is 0 Å². The van der Waals surface area contributed by atoms with E-state index in [2.05, 4.69) is 24.1 Å². The fourth-order valence-corrected chi connectivity index (χ4v) is 4.40. The number of nitrogens with one attached hydrogen (secondary N) is 1. The number of likely N-dealkylation sites (N-methyl/N-ethyl adjacent to an activating group) is 1. The third kappa shape index (κ3) is 4.16. The highest BCUT2D eigenvalue weighted by atomic mass is 16.2. The van der Waals surface area contributed by atoms with Gasteiger partial charge in [0, 0.05) is 17.4 Å². The van der Waals surface area contributed by atoms with E-state index in [1.54, 1.807) is 10.6 Å². The lowest BCUT2D eigenvalue weighted by molar-refractivity contribution is -0.134. The summed E-state index contributed by atoms with van der Waals surface area (Å²) in [5.41, 5.74) is 2.40. The first-order chi connectivity index (χ1) is 15.5. The third-order valence-corrected chi connectivity index (χ3v) is 6.10. The molecular weight excluding hydrogens is 404 g/mol. The number of carbonyl (C=O) groups is 3. The van der Waals surface area contributed by atoms with Crippen LogP contribution in [0, 0.1) is 0 Å². The van der Waals surface area contributed by atoms with E-state index in [0.717, 1.165) is 34.5 Å². The lowest BCUT2D eigenvalue weighted by Crippen LogP contribution is -2.50. The van der Waals surface area contributed by atoms with Crippen molar-refractivity contribution in [2.24, 2.45) is 0 Å². The Morgan fingerprint density at radius 1 is 1.03 bits per heavy atom. The highest BCUT2D eigenvalue weighted by molar-refractivity contribution is 6.11. The van der Waals surface area contributed by atoms with Gasteiger partial charge in [0.25, 0.3) is 5.91 Å². The molecule has 0 bridgehead atoms. The van der Waals surface area contributed by atoms with Crippen LogP contribution in [0.15, 0.2) is 60.7 Å². The van der Waals surface area contributed by atoms with Crippen LogP contribution in [-0.2, 0) is 16.1 Å². The zero-order valence-corrected chi connectivity index (χ0v) is 18.5. The quantitative estimate of drug-likeness (QED) is 0.556. The highest BCUT2D eigenvalue weighted by Gasteiger charge is 2.33. The van der Waals surface area contributed by atoms with E-state index >= 15 is 0 Å². The summed E-state index contributed by atoms with van der Waals surface area (Å²) in [7, 11) is 0. The van der Waals surface area contributed by atoms with Gasteiger partial charge in [-0.05, 0) is 30.8 Å². The largest absolute Gasteiger partial charge is 0.353 e. The molecule has 4 rings (SSSR count). The number of rotatable bonds is 8. The molecule has 0 saturated carbocycles. The number of nitrogens with zero attached hydrogens (tertiary/aromatic N) is 3. The molecule has 0 saturated heterocycles. The van der Waals surface area contributed by atoms with Gasteiger partial charge in [0.05, 0.1) is 6.04 Å². The normalized spacial score (nSPS) is 14.7. The van der Waals surface area contributed by atoms with Crippen molar-refractivity contribution in [1.82, 2.24) is 19.7 Å². The van der Waals surface area contributed by atoms with Crippen LogP contribution in [0.1, 0.15) is 35.9 Å². The van der Waals surface area contributed by atoms with Crippen molar-refractivity contribution in [1.29, 1.82) is 0 Å². The predicted octanol–water partition coefficient (Wildman–Crippen LogP) is 2.82. The molecule has 2 aromatic carbocycles. The van der Waals surface area contributed by atoms with E-state index in [1.165, 1.54) is 0 Å². The summed E-state index contributed by atoms with van der Waals surface area (Å²) in [5, 5.41) is 3.84. The van der Waals surface area contributed by atoms with Crippen molar-refractivity contribution in [2.75, 3.05) is 26.2 Å². The first kappa shape index (κ1) is 21.8. The molecular formula is C25H28N4O3. The summed E-state index contributed by atoms with van der Waals surface area (Å²) in [6, 6.07) is 19.4. The van der Waals surface area contributed by atoms with Gasteiger partial charge in [-0.25, -0.2) is 0 Å². The summed E-state index contributed by atoms with van der Waals surface area (Å²) in [5.74, 6) is -1.15. The monoisotopic (exact) mass is 432 g/mol. The van der Waals surface area contributed by atoms with Gasteiger partial charge in [0.15, 0.2) is 0 Å². The topological polar surface area (TPSA) is 74.7 Å². The third-order valence-electron chi connectivity index (χ3n) is 6.10. The van der Waals surface area contributed by atoms with E-state index < -0.39 is 5.91 Å². The smallest absolute Gasteiger partial charge is 0.277 e. The molecule has 1 aliphatic heterocycles. The van der Waals surface area contributed by atoms with Gasteiger partial charge >= 0.3 is 0 Å². The van der Waals surface area contributed by atoms with Crippen LogP contribution >= 0.6 is 0 Å². The minimum atomic E-state index is -0.434. The summed E-state index contributed by atoms with van der Waals surface area (Å²) in [6.07, 6.45) is 0. The Kier molecular flexibility index (Phi) is 6.37. The van der Waals surface area contributed by atoms with E-state index in [4.69, 9.17) is 0 Å². The molecule has 166 valence electrons. The fraction of sp³-hybridized carbons (Fsp3) is 0.320. The van der Waals surface area contributed by atoms with Crippen LogP contribution in [0.5, 0.6) is 0 Å². The minimum absolute atomic E-state index is 0.0189. The number of amides is 3. The lowest BCUT2D eigenvalue weighted by Gasteiger charge is -2.31. The van der Waals surface area contributed by atoms with Crippen LogP contribution in [-0.4, -0.2) is 58.3 Å². The van der Waals surface area contributed by atoms with Gasteiger partial charge in [0.1, 0.15) is 18.8 Å². The lowest BCUT2D eigenvalue weighted by atomic mass is 10.1. The van der Waals surface area contributed by atoms with Crippen LogP contribution in [0.2, 0.25) is 0 Å². The Balaban J connectivity index is 1.46. The molecule has 1 atom stereocenters. The highest BCUT2D eigenvalue weighted by Crippen LogP contribution is 2.24. The molecule has 1 aromatic heterocycles. The van der Waals surface area contributed by atoms with Crippen molar-refractivity contribution in [3.05, 3.63) is 71.9 Å². The van der Waals surface area contributed by atoms with Gasteiger partial charge in [0.2, 0.25) is 11.8 Å². The SMILES string of the molecule is CCN(CC)C(CNC(=O)CN1C(=O)Cn2c(cc3ccccc32)C1=O)c1ccccc1. The van der Waals surface area contributed by atoms with Crippen LogP contribution < -0.4 is 5.32 Å². The standard InChI is InChI=1S/C25H28N4O3/c1-3-27(4-2)22(18-10-6-5-7-11-18)15-26-23(30)16-29-24(31)17-28-20-13-9-8-12-19(20)14-21(28)25(29)32/h5-14,22H,3-4,15-17H2,1-2H3,(H,26,30). The van der Waals surface area contributed by atoms with Gasteiger partial charge < -0.3 is 9.88 Å². The average Bonchev–Trinajstić information content (AvgIpc) is 3.18. The number of benzene rings is 2. The zero-order chi connectivity index (χ0) is 22.7. The Labute approximate surface area is 187 Å². The number of aromatic nitrogens is 1. The molecule has 3 amide bonds. The molecule has 0 radical (unpaired) electrons. The first-order valence-electron chi connectivity index (χ1n) is 11.0. The number of fused-ring (bicyclic) bond motifs is 3. The van der Waals surface area contributed by atoms with E-state index in [0.29, 0.717) is 12.2 Å². The Hall–Kier alpha value is -3.45. The summed E-state index contributed by atoms with van der Waals surface area (Å²) in [4.78, 5) is 41.8. The Morgan fingerprint density at radius 3 is 2.44 bits per heavy atom. The number of para-hydroxylation sites is 1. The fourth-order valence-electron chi connectivity index (χ4n) is 4.40.